The lowest BCUT2D eigenvalue weighted by Crippen LogP contribution is -2.19. The van der Waals surface area contributed by atoms with E-state index in [2.05, 4.69) is 34.7 Å². The van der Waals surface area contributed by atoms with E-state index in [1.54, 1.807) is 18.3 Å². The topological polar surface area (TPSA) is 42.2 Å². The number of rotatable bonds is 5. The minimum atomic E-state index is -0.142. The number of aryl methyl sites for hydroxylation is 1. The molecule has 1 aromatic heterocycles. The summed E-state index contributed by atoms with van der Waals surface area (Å²) in [6.07, 6.45) is 3.39. The van der Waals surface area contributed by atoms with Gasteiger partial charge in [-0.15, -0.1) is 0 Å². The number of aliphatic hydroxyl groups is 1. The van der Waals surface area contributed by atoms with Crippen molar-refractivity contribution < 1.29 is 5.11 Å². The Balaban J connectivity index is 2.20. The third-order valence-electron chi connectivity index (χ3n) is 3.05. The van der Waals surface area contributed by atoms with Crippen molar-refractivity contribution in [1.29, 1.82) is 0 Å². The number of hydrogen-bond acceptors (Lipinski definition) is 2. The van der Waals surface area contributed by atoms with Crippen LogP contribution >= 0.6 is 22.6 Å². The molecule has 1 N–H and O–H groups in total. The maximum Gasteiger partial charge on any atom is 0.254 e. The van der Waals surface area contributed by atoms with Crippen molar-refractivity contribution in [3.8, 4) is 0 Å². The summed E-state index contributed by atoms with van der Waals surface area (Å²) in [5.74, 6) is 0. The zero-order valence-electron chi connectivity index (χ0n) is 11.0. The molecule has 1 heterocycles. The summed E-state index contributed by atoms with van der Waals surface area (Å²) in [7, 11) is 0. The molecule has 2 aromatic rings. The number of allylic oxidation sites excluding steroid dienone is 1. The van der Waals surface area contributed by atoms with Crippen LogP contribution in [-0.4, -0.2) is 16.3 Å². The Labute approximate surface area is 131 Å². The Hall–Kier alpha value is -1.40. The lowest BCUT2D eigenvalue weighted by molar-refractivity contribution is 0.343. The first-order valence-corrected chi connectivity index (χ1v) is 7.50. The van der Waals surface area contributed by atoms with Crippen LogP contribution in [0.2, 0.25) is 0 Å². The number of aromatic nitrogens is 1. The molecule has 0 aliphatic heterocycles. The summed E-state index contributed by atoms with van der Waals surface area (Å²) in [4.78, 5) is 11.8. The van der Waals surface area contributed by atoms with Gasteiger partial charge >= 0.3 is 0 Å². The van der Waals surface area contributed by atoms with Gasteiger partial charge in [-0.2, -0.15) is 0 Å². The Morgan fingerprint density at radius 3 is 2.45 bits per heavy atom. The first-order valence-electron chi connectivity index (χ1n) is 6.42. The van der Waals surface area contributed by atoms with Crippen molar-refractivity contribution in [2.24, 2.45) is 0 Å². The largest absolute Gasteiger partial charge is 0.390 e. The first kappa shape index (κ1) is 15.0. The van der Waals surface area contributed by atoms with Gasteiger partial charge in [-0.1, -0.05) is 36.4 Å². The molecule has 3 nitrogen and oxygen atoms in total. The zero-order chi connectivity index (χ0) is 14.4. The van der Waals surface area contributed by atoms with Gasteiger partial charge in [-0.05, 0) is 47.1 Å². The lowest BCUT2D eigenvalue weighted by Gasteiger charge is -2.11. The molecule has 20 heavy (non-hydrogen) atoms. The maximum absolute atomic E-state index is 11.8. The molecule has 0 aliphatic carbocycles. The SMILES string of the molecule is O=c1ccccn1/C(CO)=C(\I)CCc1ccccc1. The van der Waals surface area contributed by atoms with Crippen molar-refractivity contribution in [3.05, 3.63) is 74.2 Å². The fourth-order valence-electron chi connectivity index (χ4n) is 1.99. The van der Waals surface area contributed by atoms with Crippen molar-refractivity contribution in [2.75, 3.05) is 6.61 Å². The first-order chi connectivity index (χ1) is 9.72. The van der Waals surface area contributed by atoms with Gasteiger partial charge < -0.3 is 5.11 Å². The average Bonchev–Trinajstić information content (AvgIpc) is 2.49. The quantitative estimate of drug-likeness (QED) is 0.809. The van der Waals surface area contributed by atoms with E-state index in [-0.39, 0.29) is 12.2 Å². The molecule has 4 heteroatoms. The van der Waals surface area contributed by atoms with Gasteiger partial charge in [0.1, 0.15) is 0 Å². The minimum Gasteiger partial charge on any atom is -0.390 e. The normalized spacial score (nSPS) is 12.1. The number of benzene rings is 1. The van der Waals surface area contributed by atoms with Gasteiger partial charge in [0.05, 0.1) is 12.3 Å². The standard InChI is InChI=1S/C16H16INO2/c17-14(10-9-13-6-2-1-3-7-13)15(12-19)18-11-5-4-8-16(18)20/h1-8,11,19H,9-10,12H2/b15-14-. The molecule has 0 radical (unpaired) electrons. The molecule has 0 saturated heterocycles. The molecule has 0 aliphatic rings. The fourth-order valence-corrected chi connectivity index (χ4v) is 2.69. The van der Waals surface area contributed by atoms with Crippen LogP contribution in [0.4, 0.5) is 0 Å². The van der Waals surface area contributed by atoms with Crippen molar-refractivity contribution in [2.45, 2.75) is 12.8 Å². The molecule has 1 aromatic carbocycles. The summed E-state index contributed by atoms with van der Waals surface area (Å²) in [5.41, 5.74) is 1.79. The van der Waals surface area contributed by atoms with Gasteiger partial charge in [0.2, 0.25) is 0 Å². The minimum absolute atomic E-state index is 0.120. The van der Waals surface area contributed by atoms with Crippen LogP contribution in [0, 0.1) is 0 Å². The van der Waals surface area contributed by atoms with Crippen molar-refractivity contribution in [3.63, 3.8) is 0 Å². The zero-order valence-corrected chi connectivity index (χ0v) is 13.2. The predicted octanol–water partition coefficient (Wildman–Crippen LogP) is 3.08. The van der Waals surface area contributed by atoms with Gasteiger partial charge in [0, 0.05) is 15.8 Å². The van der Waals surface area contributed by atoms with E-state index in [0.717, 1.165) is 16.4 Å². The second-order valence-corrected chi connectivity index (χ2v) is 5.71. The molecule has 0 amide bonds. The highest BCUT2D eigenvalue weighted by atomic mass is 127. The molecule has 0 saturated carbocycles. The van der Waals surface area contributed by atoms with E-state index in [1.165, 1.54) is 16.2 Å². The summed E-state index contributed by atoms with van der Waals surface area (Å²) in [5, 5.41) is 9.55. The van der Waals surface area contributed by atoms with Gasteiger partial charge in [0.15, 0.2) is 0 Å². The Kier molecular flexibility index (Phi) is 5.55. The summed E-state index contributed by atoms with van der Waals surface area (Å²) >= 11 is 2.21. The number of hydrogen-bond donors (Lipinski definition) is 1. The second-order valence-electron chi connectivity index (χ2n) is 4.40. The molecular weight excluding hydrogens is 365 g/mol. The lowest BCUT2D eigenvalue weighted by atomic mass is 10.1. The Morgan fingerprint density at radius 2 is 1.80 bits per heavy atom. The van der Waals surface area contributed by atoms with Crippen LogP contribution < -0.4 is 5.56 Å². The van der Waals surface area contributed by atoms with Gasteiger partial charge in [-0.25, -0.2) is 0 Å². The van der Waals surface area contributed by atoms with Crippen LogP contribution in [0.15, 0.2) is 63.1 Å². The molecular formula is C16H16INO2. The smallest absolute Gasteiger partial charge is 0.254 e. The number of aliphatic hydroxyl groups excluding tert-OH is 1. The Bertz CT molecular complexity index is 647. The molecule has 0 atom stereocenters. The highest BCUT2D eigenvalue weighted by Crippen LogP contribution is 2.21. The van der Waals surface area contributed by atoms with E-state index in [4.69, 9.17) is 0 Å². The second kappa shape index (κ2) is 7.40. The van der Waals surface area contributed by atoms with Crippen molar-refractivity contribution >= 4 is 28.3 Å². The van der Waals surface area contributed by atoms with Crippen LogP contribution in [-0.2, 0) is 6.42 Å². The summed E-state index contributed by atoms with van der Waals surface area (Å²) in [6, 6.07) is 15.2. The highest BCUT2D eigenvalue weighted by molar-refractivity contribution is 14.1. The molecule has 0 unspecified atom stereocenters. The highest BCUT2D eigenvalue weighted by Gasteiger charge is 2.07. The van der Waals surface area contributed by atoms with E-state index < -0.39 is 0 Å². The van der Waals surface area contributed by atoms with Gasteiger partial charge in [0.25, 0.3) is 5.56 Å². The van der Waals surface area contributed by atoms with E-state index in [9.17, 15) is 9.90 Å². The van der Waals surface area contributed by atoms with Crippen LogP contribution in [0.25, 0.3) is 5.70 Å². The Morgan fingerprint density at radius 1 is 1.10 bits per heavy atom. The maximum atomic E-state index is 11.8. The summed E-state index contributed by atoms with van der Waals surface area (Å²) in [6.45, 7) is -0.142. The third kappa shape index (κ3) is 3.80. The molecule has 0 spiro atoms. The fraction of sp³-hybridized carbons (Fsp3) is 0.188. The van der Waals surface area contributed by atoms with Gasteiger partial charge in [-0.3, -0.25) is 9.36 Å². The molecule has 0 bridgehead atoms. The monoisotopic (exact) mass is 381 g/mol. The molecule has 2 rings (SSSR count). The van der Waals surface area contributed by atoms with Crippen molar-refractivity contribution in [1.82, 2.24) is 4.57 Å². The van der Waals surface area contributed by atoms with Crippen LogP contribution in [0.1, 0.15) is 12.0 Å². The molecule has 104 valence electrons. The van der Waals surface area contributed by atoms with Crippen LogP contribution in [0.3, 0.4) is 0 Å². The number of nitrogens with zero attached hydrogens (tertiary/aromatic N) is 1. The predicted molar refractivity (Wildman–Crippen MR) is 89.8 cm³/mol. The number of halogens is 1. The third-order valence-corrected chi connectivity index (χ3v) is 4.21. The van der Waals surface area contributed by atoms with E-state index in [0.29, 0.717) is 5.70 Å². The number of pyridine rings is 1. The molecule has 0 fully saturated rings. The average molecular weight is 381 g/mol. The van der Waals surface area contributed by atoms with E-state index >= 15 is 0 Å². The summed E-state index contributed by atoms with van der Waals surface area (Å²) < 4.78 is 2.51. The van der Waals surface area contributed by atoms with E-state index in [1.807, 2.05) is 18.2 Å². The van der Waals surface area contributed by atoms with Crippen LogP contribution in [0.5, 0.6) is 0 Å².